The highest BCUT2D eigenvalue weighted by Gasteiger charge is 2.16. The van der Waals surface area contributed by atoms with Gasteiger partial charge in [0.25, 0.3) is 0 Å². The fourth-order valence-corrected chi connectivity index (χ4v) is 3.08. The Morgan fingerprint density at radius 1 is 1.14 bits per heavy atom. The summed E-state index contributed by atoms with van der Waals surface area (Å²) in [4.78, 5) is 8.89. The summed E-state index contributed by atoms with van der Waals surface area (Å²) in [5, 5.41) is 0.963. The first-order valence-electron chi connectivity index (χ1n) is 6.82. The summed E-state index contributed by atoms with van der Waals surface area (Å²) in [6, 6.07) is 8.23. The fraction of sp³-hybridized carbons (Fsp3) is 0.250. The van der Waals surface area contributed by atoms with E-state index in [0.717, 1.165) is 27.6 Å². The zero-order chi connectivity index (χ0) is 15.1. The highest BCUT2D eigenvalue weighted by Crippen LogP contribution is 2.29. The van der Waals surface area contributed by atoms with Crippen molar-refractivity contribution in [2.75, 3.05) is 5.73 Å². The summed E-state index contributed by atoms with van der Waals surface area (Å²) in [5.74, 6) is 1.26. The minimum atomic E-state index is 0.559. The van der Waals surface area contributed by atoms with Gasteiger partial charge in [0.05, 0.1) is 11.9 Å². The Morgan fingerprint density at radius 3 is 2.57 bits per heavy atom. The van der Waals surface area contributed by atoms with E-state index in [1.165, 1.54) is 11.3 Å². The molecule has 0 saturated carbocycles. The van der Waals surface area contributed by atoms with Crippen LogP contribution in [0, 0.1) is 20.8 Å². The SMILES string of the molecule is Cc1nc(N)c2c(C)c(C)n(Cc3ccccc3Br)c2n1. The topological polar surface area (TPSA) is 56.7 Å². The summed E-state index contributed by atoms with van der Waals surface area (Å²) >= 11 is 3.61. The van der Waals surface area contributed by atoms with Crippen molar-refractivity contribution in [3.8, 4) is 0 Å². The minimum Gasteiger partial charge on any atom is -0.383 e. The lowest BCUT2D eigenvalue weighted by molar-refractivity contribution is 0.785. The first-order chi connectivity index (χ1) is 9.99. The molecule has 2 aromatic heterocycles. The summed E-state index contributed by atoms with van der Waals surface area (Å²) in [6.07, 6.45) is 0. The van der Waals surface area contributed by atoms with E-state index in [0.29, 0.717) is 11.6 Å². The molecule has 0 unspecified atom stereocenters. The lowest BCUT2D eigenvalue weighted by Crippen LogP contribution is -2.05. The second-order valence-corrected chi connectivity index (χ2v) is 6.10. The van der Waals surface area contributed by atoms with Crippen LogP contribution in [0.25, 0.3) is 11.0 Å². The van der Waals surface area contributed by atoms with Gasteiger partial charge in [0.1, 0.15) is 17.3 Å². The first-order valence-corrected chi connectivity index (χ1v) is 7.61. The van der Waals surface area contributed by atoms with E-state index in [2.05, 4.69) is 56.4 Å². The Morgan fingerprint density at radius 2 is 1.86 bits per heavy atom. The second kappa shape index (κ2) is 5.15. The molecule has 0 amide bonds. The molecule has 0 saturated heterocycles. The van der Waals surface area contributed by atoms with Crippen LogP contribution in [0.3, 0.4) is 0 Å². The lowest BCUT2D eigenvalue weighted by atomic mass is 10.2. The zero-order valence-electron chi connectivity index (χ0n) is 12.3. The third-order valence-electron chi connectivity index (χ3n) is 3.89. The molecule has 21 heavy (non-hydrogen) atoms. The van der Waals surface area contributed by atoms with Gasteiger partial charge >= 0.3 is 0 Å². The number of nitrogens with two attached hydrogens (primary N) is 1. The van der Waals surface area contributed by atoms with Gasteiger partial charge in [-0.15, -0.1) is 0 Å². The summed E-state index contributed by atoms with van der Waals surface area (Å²) < 4.78 is 3.30. The third kappa shape index (κ3) is 2.31. The number of aryl methyl sites for hydroxylation is 2. The van der Waals surface area contributed by atoms with E-state index in [1.807, 2.05) is 19.1 Å². The molecule has 0 aliphatic carbocycles. The zero-order valence-corrected chi connectivity index (χ0v) is 13.9. The lowest BCUT2D eigenvalue weighted by Gasteiger charge is -2.10. The highest BCUT2D eigenvalue weighted by molar-refractivity contribution is 9.10. The average molecular weight is 345 g/mol. The van der Waals surface area contributed by atoms with Crippen molar-refractivity contribution in [2.24, 2.45) is 0 Å². The number of aromatic nitrogens is 3. The summed E-state index contributed by atoms with van der Waals surface area (Å²) in [5.41, 5.74) is 10.5. The Bertz CT molecular complexity index is 836. The molecule has 1 aromatic carbocycles. The molecular weight excluding hydrogens is 328 g/mol. The molecule has 4 nitrogen and oxygen atoms in total. The van der Waals surface area contributed by atoms with E-state index < -0.39 is 0 Å². The van der Waals surface area contributed by atoms with Crippen molar-refractivity contribution < 1.29 is 0 Å². The van der Waals surface area contributed by atoms with Crippen molar-refractivity contribution >= 4 is 32.8 Å². The van der Waals surface area contributed by atoms with Gasteiger partial charge in [-0.3, -0.25) is 0 Å². The van der Waals surface area contributed by atoms with E-state index in [4.69, 9.17) is 5.73 Å². The van der Waals surface area contributed by atoms with Gasteiger partial charge in [0, 0.05) is 10.2 Å². The van der Waals surface area contributed by atoms with Gasteiger partial charge in [-0.05, 0) is 38.0 Å². The van der Waals surface area contributed by atoms with E-state index in [1.54, 1.807) is 0 Å². The van der Waals surface area contributed by atoms with Gasteiger partial charge < -0.3 is 10.3 Å². The predicted octanol–water partition coefficient (Wildman–Crippen LogP) is 3.75. The van der Waals surface area contributed by atoms with Crippen LogP contribution in [0.15, 0.2) is 28.7 Å². The van der Waals surface area contributed by atoms with Crippen LogP contribution in [-0.4, -0.2) is 14.5 Å². The van der Waals surface area contributed by atoms with Gasteiger partial charge in [-0.2, -0.15) is 0 Å². The molecule has 2 heterocycles. The standard InChI is InChI=1S/C16H17BrN4/c1-9-10(2)21(8-12-6-4-5-7-13(12)17)16-14(9)15(18)19-11(3)20-16/h4-7H,8H2,1-3H3,(H2,18,19,20). The normalized spacial score (nSPS) is 11.2. The third-order valence-corrected chi connectivity index (χ3v) is 4.67. The molecule has 0 radical (unpaired) electrons. The van der Waals surface area contributed by atoms with Crippen LogP contribution < -0.4 is 5.73 Å². The number of halogens is 1. The Kier molecular flexibility index (Phi) is 3.45. The maximum absolute atomic E-state index is 6.09. The predicted molar refractivity (Wildman–Crippen MR) is 89.4 cm³/mol. The highest BCUT2D eigenvalue weighted by atomic mass is 79.9. The van der Waals surface area contributed by atoms with Gasteiger partial charge in [-0.1, -0.05) is 34.1 Å². The fourth-order valence-electron chi connectivity index (χ4n) is 2.67. The van der Waals surface area contributed by atoms with Crippen LogP contribution in [0.1, 0.15) is 22.6 Å². The van der Waals surface area contributed by atoms with Crippen molar-refractivity contribution in [1.82, 2.24) is 14.5 Å². The molecule has 108 valence electrons. The number of benzene rings is 1. The monoisotopic (exact) mass is 344 g/mol. The smallest absolute Gasteiger partial charge is 0.146 e. The Hall–Kier alpha value is -1.88. The van der Waals surface area contributed by atoms with Crippen LogP contribution in [0.4, 0.5) is 5.82 Å². The van der Waals surface area contributed by atoms with Crippen molar-refractivity contribution in [3.63, 3.8) is 0 Å². The Balaban J connectivity index is 2.23. The number of rotatable bonds is 2. The quantitative estimate of drug-likeness (QED) is 0.770. The number of anilines is 1. The van der Waals surface area contributed by atoms with E-state index >= 15 is 0 Å². The first kappa shape index (κ1) is 14.1. The van der Waals surface area contributed by atoms with Gasteiger partial charge in [0.15, 0.2) is 0 Å². The van der Waals surface area contributed by atoms with Crippen LogP contribution in [0.5, 0.6) is 0 Å². The number of fused-ring (bicyclic) bond motifs is 1. The van der Waals surface area contributed by atoms with E-state index in [-0.39, 0.29) is 0 Å². The minimum absolute atomic E-state index is 0.559. The van der Waals surface area contributed by atoms with Gasteiger partial charge in [0.2, 0.25) is 0 Å². The van der Waals surface area contributed by atoms with Crippen molar-refractivity contribution in [1.29, 1.82) is 0 Å². The molecule has 0 fully saturated rings. The average Bonchev–Trinajstić information content (AvgIpc) is 2.66. The molecule has 5 heteroatoms. The molecule has 3 rings (SSSR count). The number of nitrogen functional groups attached to an aromatic ring is 1. The number of hydrogen-bond donors (Lipinski definition) is 1. The van der Waals surface area contributed by atoms with Crippen molar-refractivity contribution in [2.45, 2.75) is 27.3 Å². The molecular formula is C16H17BrN4. The molecule has 0 bridgehead atoms. The van der Waals surface area contributed by atoms with E-state index in [9.17, 15) is 0 Å². The largest absolute Gasteiger partial charge is 0.383 e. The Labute approximate surface area is 132 Å². The van der Waals surface area contributed by atoms with Crippen LogP contribution in [0.2, 0.25) is 0 Å². The van der Waals surface area contributed by atoms with Gasteiger partial charge in [-0.25, -0.2) is 9.97 Å². The molecule has 0 atom stereocenters. The number of nitrogens with zero attached hydrogens (tertiary/aromatic N) is 3. The summed E-state index contributed by atoms with van der Waals surface area (Å²) in [6.45, 7) is 6.80. The molecule has 0 aliphatic heterocycles. The van der Waals surface area contributed by atoms with Crippen LogP contribution in [-0.2, 0) is 6.54 Å². The van der Waals surface area contributed by atoms with Crippen LogP contribution >= 0.6 is 15.9 Å². The molecule has 0 spiro atoms. The maximum Gasteiger partial charge on any atom is 0.146 e. The van der Waals surface area contributed by atoms with Crippen molar-refractivity contribution in [3.05, 3.63) is 51.4 Å². The molecule has 2 N–H and O–H groups in total. The summed E-state index contributed by atoms with van der Waals surface area (Å²) in [7, 11) is 0. The number of hydrogen-bond acceptors (Lipinski definition) is 3. The molecule has 3 aromatic rings. The second-order valence-electron chi connectivity index (χ2n) is 5.24. The maximum atomic E-state index is 6.09. The molecule has 0 aliphatic rings.